The molecule has 0 saturated heterocycles. The summed E-state index contributed by atoms with van der Waals surface area (Å²) < 4.78 is 0. The van der Waals surface area contributed by atoms with E-state index in [4.69, 9.17) is 0 Å². The number of carbonyl (C=O) groups excluding carboxylic acids is 2. The topological polar surface area (TPSA) is 58.9 Å². The zero-order chi connectivity index (χ0) is 9.97. The first kappa shape index (κ1) is 9.07. The highest BCUT2D eigenvalue weighted by Crippen LogP contribution is 2.47. The third-order valence-corrected chi connectivity index (χ3v) is 2.88. The van der Waals surface area contributed by atoms with Gasteiger partial charge in [0.1, 0.15) is 0 Å². The molecule has 2 aliphatic carbocycles. The molecule has 0 aromatic heterocycles. The minimum Gasteiger partial charge on any atom is -0.211 e. The number of nitrogens with zero attached hydrogens (tertiary/aromatic N) is 2. The Hall–Kier alpha value is -1.50. The third kappa shape index (κ3) is 1.46. The van der Waals surface area contributed by atoms with Gasteiger partial charge in [-0.15, -0.1) is 0 Å². The van der Waals surface area contributed by atoms with Gasteiger partial charge < -0.3 is 0 Å². The Morgan fingerprint density at radius 3 is 2.36 bits per heavy atom. The number of allylic oxidation sites excluding steroid dienone is 1. The molecular weight excluding hydrogens is 180 g/mol. The van der Waals surface area contributed by atoms with Crippen molar-refractivity contribution < 1.29 is 9.59 Å². The molecule has 1 radical (unpaired) electrons. The summed E-state index contributed by atoms with van der Waals surface area (Å²) in [7, 11) is 0. The zero-order valence-electron chi connectivity index (χ0n) is 7.62. The second kappa shape index (κ2) is 3.70. The van der Waals surface area contributed by atoms with Crippen LogP contribution in [0.2, 0.25) is 0 Å². The molecule has 0 aromatic carbocycles. The van der Waals surface area contributed by atoms with Crippen LogP contribution in [0.25, 0.3) is 0 Å². The minimum absolute atomic E-state index is 0.215. The fourth-order valence-electron chi connectivity index (χ4n) is 2.31. The second-order valence-electron chi connectivity index (χ2n) is 3.62. The van der Waals surface area contributed by atoms with Crippen LogP contribution in [-0.4, -0.2) is 12.2 Å². The van der Waals surface area contributed by atoms with Crippen LogP contribution in [0.5, 0.6) is 0 Å². The fourth-order valence-corrected chi connectivity index (χ4v) is 2.31. The molecule has 0 heterocycles. The number of rotatable bonds is 3. The Kier molecular flexibility index (Phi) is 2.40. The molecule has 4 nitrogen and oxygen atoms in total. The Bertz CT molecular complexity index is 356. The maximum absolute atomic E-state index is 10.1. The van der Waals surface area contributed by atoms with Gasteiger partial charge in [-0.3, -0.25) is 0 Å². The molecule has 0 aromatic rings. The third-order valence-electron chi connectivity index (χ3n) is 2.88. The van der Waals surface area contributed by atoms with Crippen molar-refractivity contribution in [2.75, 3.05) is 0 Å². The molecule has 1 atom stereocenters. The molecule has 0 spiro atoms. The van der Waals surface area contributed by atoms with Gasteiger partial charge in [-0.25, -0.2) is 9.59 Å². The Labute approximate surface area is 81.4 Å². The number of isocyanates is 2. The maximum atomic E-state index is 10.1. The fraction of sp³-hybridized carbons (Fsp3) is 0.500. The number of hydrogen-bond donors (Lipinski definition) is 0. The van der Waals surface area contributed by atoms with Gasteiger partial charge in [0.2, 0.25) is 18.3 Å². The standard InChI is InChI=1S/C10H9N2O2/c13-5-11-10(12-6-14)9-4-7-1-2-8(9)3-7/h7H,1-4H2. The van der Waals surface area contributed by atoms with Crippen molar-refractivity contribution in [3.8, 4) is 0 Å². The predicted octanol–water partition coefficient (Wildman–Crippen LogP) is 1.65. The Morgan fingerprint density at radius 2 is 1.93 bits per heavy atom. The van der Waals surface area contributed by atoms with E-state index in [0.29, 0.717) is 5.92 Å². The first-order valence-electron chi connectivity index (χ1n) is 4.59. The van der Waals surface area contributed by atoms with Crippen molar-refractivity contribution >= 4 is 12.2 Å². The van der Waals surface area contributed by atoms with Crippen LogP contribution < -0.4 is 0 Å². The lowest BCUT2D eigenvalue weighted by molar-refractivity contribution is 0.549. The monoisotopic (exact) mass is 189 g/mol. The van der Waals surface area contributed by atoms with Crippen molar-refractivity contribution in [2.24, 2.45) is 15.9 Å². The molecule has 2 bridgehead atoms. The number of fused-ring (bicyclic) bond motifs is 2. The van der Waals surface area contributed by atoms with Gasteiger partial charge >= 0.3 is 0 Å². The van der Waals surface area contributed by atoms with Crippen molar-refractivity contribution in [1.29, 1.82) is 0 Å². The summed E-state index contributed by atoms with van der Waals surface area (Å²) in [6, 6.07) is 0. The molecule has 0 amide bonds. The summed E-state index contributed by atoms with van der Waals surface area (Å²) in [4.78, 5) is 27.1. The smallest absolute Gasteiger partial charge is 0.211 e. The first-order chi connectivity index (χ1) is 6.85. The van der Waals surface area contributed by atoms with Crippen LogP contribution >= 0.6 is 0 Å². The van der Waals surface area contributed by atoms with E-state index >= 15 is 0 Å². The van der Waals surface area contributed by atoms with Crippen molar-refractivity contribution in [3.05, 3.63) is 17.3 Å². The SMILES string of the molecule is O=C=N[C](N=C=O)C1=C2CCC(C2)C1. The minimum atomic E-state index is 0.215. The van der Waals surface area contributed by atoms with Crippen molar-refractivity contribution in [3.63, 3.8) is 0 Å². The van der Waals surface area contributed by atoms with Crippen LogP contribution in [0, 0.1) is 12.1 Å². The van der Waals surface area contributed by atoms with Crippen molar-refractivity contribution in [1.82, 2.24) is 0 Å². The molecule has 2 aliphatic rings. The van der Waals surface area contributed by atoms with E-state index in [0.717, 1.165) is 24.8 Å². The van der Waals surface area contributed by atoms with Gasteiger partial charge in [-0.2, -0.15) is 9.98 Å². The predicted molar refractivity (Wildman–Crippen MR) is 48.5 cm³/mol. The van der Waals surface area contributed by atoms with E-state index in [1.165, 1.54) is 24.2 Å². The highest BCUT2D eigenvalue weighted by molar-refractivity contribution is 5.47. The van der Waals surface area contributed by atoms with Crippen LogP contribution in [0.4, 0.5) is 0 Å². The summed E-state index contributed by atoms with van der Waals surface area (Å²) in [6.45, 7) is 0. The van der Waals surface area contributed by atoms with Gasteiger partial charge in [-0.05, 0) is 37.2 Å². The van der Waals surface area contributed by atoms with E-state index in [2.05, 4.69) is 9.98 Å². The maximum Gasteiger partial charge on any atom is 0.246 e. The van der Waals surface area contributed by atoms with Gasteiger partial charge in [0.25, 0.3) is 0 Å². The normalized spacial score (nSPS) is 23.6. The number of aliphatic imine (C=N–C) groups is 2. The summed E-state index contributed by atoms with van der Waals surface area (Å²) in [5.41, 5.74) is 2.26. The van der Waals surface area contributed by atoms with Gasteiger partial charge in [-0.1, -0.05) is 5.57 Å². The molecule has 14 heavy (non-hydrogen) atoms. The van der Waals surface area contributed by atoms with Crippen LogP contribution in [0.1, 0.15) is 25.7 Å². The first-order valence-corrected chi connectivity index (χ1v) is 4.59. The van der Waals surface area contributed by atoms with E-state index in [1.807, 2.05) is 0 Å². The lowest BCUT2D eigenvalue weighted by Crippen LogP contribution is -2.01. The van der Waals surface area contributed by atoms with E-state index in [9.17, 15) is 9.59 Å². The average molecular weight is 189 g/mol. The number of hydrogen-bond acceptors (Lipinski definition) is 4. The Balaban J connectivity index is 2.27. The highest BCUT2D eigenvalue weighted by Gasteiger charge is 2.34. The highest BCUT2D eigenvalue weighted by atomic mass is 16.1. The van der Waals surface area contributed by atoms with Gasteiger partial charge in [0, 0.05) is 0 Å². The lowest BCUT2D eigenvalue weighted by Gasteiger charge is -2.11. The molecule has 1 saturated carbocycles. The van der Waals surface area contributed by atoms with E-state index in [1.54, 1.807) is 0 Å². The largest absolute Gasteiger partial charge is 0.246 e. The summed E-state index contributed by atoms with van der Waals surface area (Å²) >= 11 is 0. The second-order valence-corrected chi connectivity index (χ2v) is 3.62. The molecule has 2 rings (SSSR count). The van der Waals surface area contributed by atoms with Gasteiger partial charge in [0.05, 0.1) is 0 Å². The summed E-state index contributed by atoms with van der Waals surface area (Å²) in [5.74, 6) is 0.665. The van der Waals surface area contributed by atoms with Crippen LogP contribution in [0.3, 0.4) is 0 Å². The van der Waals surface area contributed by atoms with E-state index < -0.39 is 0 Å². The molecule has 0 N–H and O–H groups in total. The summed E-state index contributed by atoms with van der Waals surface area (Å²) in [5, 5.41) is 0. The zero-order valence-corrected chi connectivity index (χ0v) is 7.62. The molecular formula is C10H9N2O2. The molecule has 1 fully saturated rings. The van der Waals surface area contributed by atoms with Crippen LogP contribution in [0.15, 0.2) is 21.1 Å². The van der Waals surface area contributed by atoms with Gasteiger partial charge in [0.15, 0.2) is 0 Å². The Morgan fingerprint density at radius 1 is 1.21 bits per heavy atom. The van der Waals surface area contributed by atoms with E-state index in [-0.39, 0.29) is 6.17 Å². The van der Waals surface area contributed by atoms with Crippen molar-refractivity contribution in [2.45, 2.75) is 25.7 Å². The molecule has 4 heteroatoms. The lowest BCUT2D eigenvalue weighted by atomic mass is 9.97. The van der Waals surface area contributed by atoms with Crippen LogP contribution in [-0.2, 0) is 9.59 Å². The quantitative estimate of drug-likeness (QED) is 0.500. The summed E-state index contributed by atoms with van der Waals surface area (Å²) in [6.07, 6.45) is 7.27. The molecule has 71 valence electrons. The molecule has 0 aliphatic heterocycles. The average Bonchev–Trinajstić information content (AvgIpc) is 2.78. The molecule has 1 unspecified atom stereocenters.